The van der Waals surface area contributed by atoms with E-state index in [1.165, 1.54) is 6.20 Å². The number of aliphatic carboxylic acids is 1. The summed E-state index contributed by atoms with van der Waals surface area (Å²) in [4.78, 5) is 26.7. The summed E-state index contributed by atoms with van der Waals surface area (Å²) in [6.07, 6.45) is 3.05. The zero-order valence-corrected chi connectivity index (χ0v) is 10.4. The first-order valence-corrected chi connectivity index (χ1v) is 6.09. The molecular formula is C12H13ClN2O3. The predicted molar refractivity (Wildman–Crippen MR) is 66.3 cm³/mol. The molecule has 1 aromatic heterocycles. The third-order valence-corrected chi connectivity index (χ3v) is 3.36. The molecule has 5 nitrogen and oxygen atoms in total. The highest BCUT2D eigenvalue weighted by Crippen LogP contribution is 2.31. The maximum atomic E-state index is 11.9. The molecule has 1 heterocycles. The van der Waals surface area contributed by atoms with E-state index in [1.807, 2.05) is 0 Å². The lowest BCUT2D eigenvalue weighted by molar-refractivity contribution is -0.141. The summed E-state index contributed by atoms with van der Waals surface area (Å²) in [5, 5.41) is 12.0. The molecule has 1 saturated carbocycles. The highest BCUT2D eigenvalue weighted by atomic mass is 35.5. The molecule has 0 bridgehead atoms. The number of carbonyl (C=O) groups is 2. The van der Waals surface area contributed by atoms with E-state index in [2.05, 4.69) is 10.3 Å². The molecule has 0 saturated heterocycles. The zero-order valence-electron chi connectivity index (χ0n) is 9.60. The summed E-state index contributed by atoms with van der Waals surface area (Å²) in [6.45, 7) is 0. The van der Waals surface area contributed by atoms with Gasteiger partial charge in [-0.15, -0.1) is 0 Å². The molecule has 1 aliphatic rings. The quantitative estimate of drug-likeness (QED) is 0.881. The van der Waals surface area contributed by atoms with E-state index in [9.17, 15) is 9.59 Å². The van der Waals surface area contributed by atoms with Crippen molar-refractivity contribution in [1.82, 2.24) is 4.98 Å². The van der Waals surface area contributed by atoms with Crippen molar-refractivity contribution in [1.29, 1.82) is 0 Å². The molecular weight excluding hydrogens is 256 g/mol. The van der Waals surface area contributed by atoms with Crippen molar-refractivity contribution in [3.8, 4) is 0 Å². The van der Waals surface area contributed by atoms with Gasteiger partial charge in [-0.2, -0.15) is 0 Å². The molecule has 0 aliphatic heterocycles. The second kappa shape index (κ2) is 5.35. The molecule has 18 heavy (non-hydrogen) atoms. The maximum absolute atomic E-state index is 11.9. The average Bonchev–Trinajstić information content (AvgIpc) is 2.78. The average molecular weight is 269 g/mol. The van der Waals surface area contributed by atoms with E-state index in [1.54, 1.807) is 12.1 Å². The Kier molecular flexibility index (Phi) is 3.81. The molecule has 1 aromatic rings. The lowest BCUT2D eigenvalue weighted by Crippen LogP contribution is -2.22. The normalized spacial score (nSPS) is 22.7. The van der Waals surface area contributed by atoms with Gasteiger partial charge in [-0.25, -0.2) is 4.98 Å². The SMILES string of the molecule is O=C(O)[C@H]1CC[C@@H](C(=O)Nc2cc(Cl)ccn2)C1. The number of carboxylic acid groups (broad SMARTS) is 1. The summed E-state index contributed by atoms with van der Waals surface area (Å²) in [5.41, 5.74) is 0. The van der Waals surface area contributed by atoms with Crippen LogP contribution in [0.2, 0.25) is 5.02 Å². The molecule has 2 N–H and O–H groups in total. The summed E-state index contributed by atoms with van der Waals surface area (Å²) in [6, 6.07) is 3.18. The smallest absolute Gasteiger partial charge is 0.306 e. The van der Waals surface area contributed by atoms with Gasteiger partial charge in [-0.1, -0.05) is 11.6 Å². The fourth-order valence-electron chi connectivity index (χ4n) is 2.15. The Hall–Kier alpha value is -1.62. The van der Waals surface area contributed by atoms with E-state index < -0.39 is 11.9 Å². The number of rotatable bonds is 3. The minimum Gasteiger partial charge on any atom is -0.481 e. The Morgan fingerprint density at radius 2 is 2.11 bits per heavy atom. The molecule has 1 amide bonds. The fourth-order valence-corrected chi connectivity index (χ4v) is 2.31. The van der Waals surface area contributed by atoms with E-state index in [-0.39, 0.29) is 11.8 Å². The van der Waals surface area contributed by atoms with Gasteiger partial charge in [0.25, 0.3) is 0 Å². The summed E-state index contributed by atoms with van der Waals surface area (Å²) < 4.78 is 0. The van der Waals surface area contributed by atoms with Gasteiger partial charge in [-0.05, 0) is 31.4 Å². The van der Waals surface area contributed by atoms with Gasteiger partial charge in [0.05, 0.1) is 5.92 Å². The van der Waals surface area contributed by atoms with E-state index >= 15 is 0 Å². The molecule has 1 fully saturated rings. The number of carbonyl (C=O) groups excluding carboxylic acids is 1. The molecule has 6 heteroatoms. The lowest BCUT2D eigenvalue weighted by Gasteiger charge is -2.10. The third kappa shape index (κ3) is 2.98. The lowest BCUT2D eigenvalue weighted by atomic mass is 10.0. The van der Waals surface area contributed by atoms with Crippen LogP contribution in [0.5, 0.6) is 0 Å². The number of hydrogen-bond donors (Lipinski definition) is 2. The maximum Gasteiger partial charge on any atom is 0.306 e. The van der Waals surface area contributed by atoms with Crippen molar-refractivity contribution in [3.05, 3.63) is 23.4 Å². The second-order valence-corrected chi connectivity index (χ2v) is 4.83. The van der Waals surface area contributed by atoms with Crippen LogP contribution in [0.1, 0.15) is 19.3 Å². The molecule has 0 spiro atoms. The van der Waals surface area contributed by atoms with Crippen LogP contribution in [0.4, 0.5) is 5.82 Å². The first-order valence-electron chi connectivity index (χ1n) is 5.71. The van der Waals surface area contributed by atoms with Crippen molar-refractivity contribution >= 4 is 29.3 Å². The topological polar surface area (TPSA) is 79.3 Å². The minimum atomic E-state index is -0.828. The van der Waals surface area contributed by atoms with Gasteiger partial charge in [0.2, 0.25) is 5.91 Å². The van der Waals surface area contributed by atoms with Crippen LogP contribution in [0.15, 0.2) is 18.3 Å². The van der Waals surface area contributed by atoms with Gasteiger partial charge in [0.1, 0.15) is 5.82 Å². The van der Waals surface area contributed by atoms with Crippen molar-refractivity contribution in [2.24, 2.45) is 11.8 Å². The van der Waals surface area contributed by atoms with Crippen LogP contribution in [0, 0.1) is 11.8 Å². The number of halogens is 1. The Balaban J connectivity index is 1.95. The third-order valence-electron chi connectivity index (χ3n) is 3.13. The Morgan fingerprint density at radius 1 is 1.39 bits per heavy atom. The van der Waals surface area contributed by atoms with Crippen LogP contribution < -0.4 is 5.32 Å². The van der Waals surface area contributed by atoms with Crippen molar-refractivity contribution in [2.75, 3.05) is 5.32 Å². The molecule has 0 unspecified atom stereocenters. The second-order valence-electron chi connectivity index (χ2n) is 4.39. The van der Waals surface area contributed by atoms with Gasteiger partial charge >= 0.3 is 5.97 Å². The van der Waals surface area contributed by atoms with Crippen LogP contribution in [-0.2, 0) is 9.59 Å². The predicted octanol–water partition coefficient (Wildman–Crippen LogP) is 2.17. The molecule has 96 valence electrons. The van der Waals surface area contributed by atoms with Crippen molar-refractivity contribution in [3.63, 3.8) is 0 Å². The monoisotopic (exact) mass is 268 g/mol. The first kappa shape index (κ1) is 12.8. The molecule has 2 rings (SSSR count). The molecule has 0 aromatic carbocycles. The molecule has 1 aliphatic carbocycles. The number of pyridine rings is 1. The van der Waals surface area contributed by atoms with E-state index in [4.69, 9.17) is 16.7 Å². The number of carboxylic acids is 1. The number of aromatic nitrogens is 1. The van der Waals surface area contributed by atoms with E-state index in [0.717, 1.165) is 0 Å². The Morgan fingerprint density at radius 3 is 2.72 bits per heavy atom. The highest BCUT2D eigenvalue weighted by molar-refractivity contribution is 6.30. The number of nitrogens with zero attached hydrogens (tertiary/aromatic N) is 1. The summed E-state index contributed by atoms with van der Waals surface area (Å²) in [5.74, 6) is -1.29. The number of hydrogen-bond acceptors (Lipinski definition) is 3. The van der Waals surface area contributed by atoms with Gasteiger partial charge in [-0.3, -0.25) is 9.59 Å². The fraction of sp³-hybridized carbons (Fsp3) is 0.417. The standard InChI is InChI=1S/C12H13ClN2O3/c13-9-3-4-14-10(6-9)15-11(16)7-1-2-8(5-7)12(17)18/h3-4,6-8H,1-2,5H2,(H,17,18)(H,14,15,16)/t7-,8+/m1/s1. The minimum absolute atomic E-state index is 0.187. The summed E-state index contributed by atoms with van der Waals surface area (Å²) in [7, 11) is 0. The molecule has 2 atom stereocenters. The number of nitrogens with one attached hydrogen (secondary N) is 1. The van der Waals surface area contributed by atoms with Crippen LogP contribution in [0.25, 0.3) is 0 Å². The Bertz CT molecular complexity index is 478. The van der Waals surface area contributed by atoms with Crippen LogP contribution in [0.3, 0.4) is 0 Å². The summed E-state index contributed by atoms with van der Waals surface area (Å²) >= 11 is 5.78. The first-order chi connectivity index (χ1) is 8.56. The van der Waals surface area contributed by atoms with Crippen molar-refractivity contribution < 1.29 is 14.7 Å². The van der Waals surface area contributed by atoms with Gasteiger partial charge in [0, 0.05) is 17.1 Å². The van der Waals surface area contributed by atoms with Crippen molar-refractivity contribution in [2.45, 2.75) is 19.3 Å². The van der Waals surface area contributed by atoms with E-state index in [0.29, 0.717) is 30.1 Å². The highest BCUT2D eigenvalue weighted by Gasteiger charge is 2.33. The molecule has 0 radical (unpaired) electrons. The largest absolute Gasteiger partial charge is 0.481 e. The van der Waals surface area contributed by atoms with Gasteiger partial charge < -0.3 is 10.4 Å². The van der Waals surface area contributed by atoms with Crippen LogP contribution in [-0.4, -0.2) is 22.0 Å². The zero-order chi connectivity index (χ0) is 13.1. The van der Waals surface area contributed by atoms with Crippen LogP contribution >= 0.6 is 11.6 Å². The number of anilines is 1. The Labute approximate surface area is 109 Å². The number of amides is 1. The van der Waals surface area contributed by atoms with Gasteiger partial charge in [0.15, 0.2) is 0 Å².